The van der Waals surface area contributed by atoms with Gasteiger partial charge in [-0.25, -0.2) is 4.98 Å². The van der Waals surface area contributed by atoms with Gasteiger partial charge in [0.1, 0.15) is 11.3 Å². The number of rotatable bonds is 3. The number of nitrogens with two attached hydrogens (primary N) is 1. The first-order valence-electron chi connectivity index (χ1n) is 6.67. The fourth-order valence-corrected chi connectivity index (χ4v) is 2.56. The molecule has 0 bridgehead atoms. The summed E-state index contributed by atoms with van der Waals surface area (Å²) in [6.07, 6.45) is 6.06. The zero-order valence-corrected chi connectivity index (χ0v) is 10.5. The van der Waals surface area contributed by atoms with Crippen LogP contribution in [-0.4, -0.2) is 22.7 Å². The number of nitrogens with one attached hydrogen (secondary N) is 1. The second-order valence-electron chi connectivity index (χ2n) is 4.95. The van der Waals surface area contributed by atoms with E-state index in [1.165, 1.54) is 19.3 Å². The molecule has 1 fully saturated rings. The largest absolute Gasteiger partial charge is 0.397 e. The number of hydrogen-bond donors (Lipinski definition) is 2. The van der Waals surface area contributed by atoms with Crippen molar-refractivity contribution in [3.8, 4) is 0 Å². The van der Waals surface area contributed by atoms with Crippen LogP contribution in [0, 0.1) is 0 Å². The van der Waals surface area contributed by atoms with E-state index in [4.69, 9.17) is 10.5 Å². The summed E-state index contributed by atoms with van der Waals surface area (Å²) in [5.74, 6) is 1.01. The summed E-state index contributed by atoms with van der Waals surface area (Å²) in [6.45, 7) is 0.914. The second-order valence-corrected chi connectivity index (χ2v) is 4.95. The maximum absolute atomic E-state index is 5.90. The van der Waals surface area contributed by atoms with Gasteiger partial charge in [0.05, 0.1) is 17.3 Å². The Balaban J connectivity index is 1.69. The highest BCUT2D eigenvalue weighted by molar-refractivity contribution is 5.86. The van der Waals surface area contributed by atoms with E-state index in [0.717, 1.165) is 42.0 Å². The first-order valence-corrected chi connectivity index (χ1v) is 6.67. The van der Waals surface area contributed by atoms with Gasteiger partial charge in [-0.2, -0.15) is 0 Å². The molecule has 0 spiro atoms. The molecule has 4 heteroatoms. The Labute approximate surface area is 107 Å². The molecule has 4 nitrogen and oxygen atoms in total. The molecule has 2 aromatic rings. The van der Waals surface area contributed by atoms with Crippen LogP contribution in [0.1, 0.15) is 31.5 Å². The zero-order valence-electron chi connectivity index (χ0n) is 10.5. The molecule has 0 aliphatic carbocycles. The summed E-state index contributed by atoms with van der Waals surface area (Å²) in [5.41, 5.74) is 8.55. The Hall–Kier alpha value is -1.55. The quantitative estimate of drug-likeness (QED) is 0.817. The average Bonchev–Trinajstić information content (AvgIpc) is 2.82. The number of nitrogen functional groups attached to an aromatic ring is 1. The number of fused-ring (bicyclic) bond motifs is 1. The van der Waals surface area contributed by atoms with E-state index in [1.807, 2.05) is 18.2 Å². The molecule has 1 aromatic heterocycles. The van der Waals surface area contributed by atoms with Crippen LogP contribution in [0.4, 0.5) is 5.69 Å². The highest BCUT2D eigenvalue weighted by Gasteiger charge is 2.14. The molecule has 3 rings (SSSR count). The number of para-hydroxylation sites is 1. The summed E-state index contributed by atoms with van der Waals surface area (Å²) in [5, 5.41) is 0. The smallest absolute Gasteiger partial charge is 0.111 e. The number of hydrogen-bond acceptors (Lipinski definition) is 3. The molecule has 2 heterocycles. The minimum Gasteiger partial charge on any atom is -0.397 e. The van der Waals surface area contributed by atoms with Crippen LogP contribution in [0.5, 0.6) is 0 Å². The van der Waals surface area contributed by atoms with Crippen LogP contribution in [-0.2, 0) is 11.2 Å². The van der Waals surface area contributed by atoms with Crippen molar-refractivity contribution in [3.63, 3.8) is 0 Å². The van der Waals surface area contributed by atoms with Gasteiger partial charge in [0.2, 0.25) is 0 Å². The van der Waals surface area contributed by atoms with Gasteiger partial charge in [-0.05, 0) is 37.8 Å². The van der Waals surface area contributed by atoms with Crippen LogP contribution in [0.2, 0.25) is 0 Å². The normalized spacial score (nSPS) is 20.3. The Kier molecular flexibility index (Phi) is 3.19. The van der Waals surface area contributed by atoms with Gasteiger partial charge in [-0.3, -0.25) is 0 Å². The summed E-state index contributed by atoms with van der Waals surface area (Å²) in [7, 11) is 0. The highest BCUT2D eigenvalue weighted by Crippen LogP contribution is 2.21. The predicted octanol–water partition coefficient (Wildman–Crippen LogP) is 2.65. The summed E-state index contributed by atoms with van der Waals surface area (Å²) < 4.78 is 5.73. The third kappa shape index (κ3) is 2.34. The van der Waals surface area contributed by atoms with E-state index in [-0.39, 0.29) is 0 Å². The van der Waals surface area contributed by atoms with Crippen LogP contribution in [0.25, 0.3) is 11.0 Å². The number of nitrogens with zero attached hydrogens (tertiary/aromatic N) is 1. The number of imidazole rings is 1. The third-order valence-electron chi connectivity index (χ3n) is 3.57. The van der Waals surface area contributed by atoms with E-state index >= 15 is 0 Å². The van der Waals surface area contributed by atoms with Gasteiger partial charge in [-0.1, -0.05) is 6.07 Å². The minimum atomic E-state index is 0.407. The van der Waals surface area contributed by atoms with Crippen molar-refractivity contribution in [2.24, 2.45) is 0 Å². The van der Waals surface area contributed by atoms with Gasteiger partial charge in [0, 0.05) is 13.0 Å². The third-order valence-corrected chi connectivity index (χ3v) is 3.57. The highest BCUT2D eigenvalue weighted by atomic mass is 16.5. The van der Waals surface area contributed by atoms with E-state index in [0.29, 0.717) is 6.10 Å². The number of ether oxygens (including phenoxy) is 1. The standard InChI is InChI=1S/C14H19N3O/c15-11-5-3-6-12-14(11)17-13(16-12)8-7-10-4-1-2-9-18-10/h3,5-6,10H,1-2,4,7-9,15H2,(H,16,17). The Morgan fingerprint density at radius 2 is 2.33 bits per heavy atom. The van der Waals surface area contributed by atoms with Crippen molar-refractivity contribution in [1.29, 1.82) is 0 Å². The average molecular weight is 245 g/mol. The maximum atomic E-state index is 5.90. The first kappa shape index (κ1) is 11.5. The molecular formula is C14H19N3O. The van der Waals surface area contributed by atoms with Crippen LogP contribution in [0.3, 0.4) is 0 Å². The van der Waals surface area contributed by atoms with E-state index in [1.54, 1.807) is 0 Å². The summed E-state index contributed by atoms with van der Waals surface area (Å²) in [6, 6.07) is 5.85. The molecule has 1 unspecified atom stereocenters. The molecule has 1 saturated heterocycles. The lowest BCUT2D eigenvalue weighted by Gasteiger charge is -2.21. The number of anilines is 1. The topological polar surface area (TPSA) is 63.9 Å². The molecule has 96 valence electrons. The molecule has 1 aliphatic rings. The second kappa shape index (κ2) is 4.98. The summed E-state index contributed by atoms with van der Waals surface area (Å²) in [4.78, 5) is 7.89. The molecule has 0 amide bonds. The predicted molar refractivity (Wildman–Crippen MR) is 72.4 cm³/mol. The molecule has 1 aliphatic heterocycles. The van der Waals surface area contributed by atoms with Crippen LogP contribution >= 0.6 is 0 Å². The number of aryl methyl sites for hydroxylation is 1. The molecule has 3 N–H and O–H groups in total. The molecule has 0 radical (unpaired) electrons. The van der Waals surface area contributed by atoms with E-state index in [9.17, 15) is 0 Å². The number of H-pyrrole nitrogens is 1. The number of aromatic amines is 1. The Bertz CT molecular complexity index is 529. The molecule has 1 atom stereocenters. The van der Waals surface area contributed by atoms with Crippen LogP contribution < -0.4 is 5.73 Å². The fraction of sp³-hybridized carbons (Fsp3) is 0.500. The van der Waals surface area contributed by atoms with Crippen molar-refractivity contribution in [3.05, 3.63) is 24.0 Å². The fourth-order valence-electron chi connectivity index (χ4n) is 2.56. The van der Waals surface area contributed by atoms with Crippen molar-refractivity contribution in [2.75, 3.05) is 12.3 Å². The SMILES string of the molecule is Nc1cccc2[nH]c(CCC3CCCCO3)nc12. The molecule has 0 saturated carbocycles. The van der Waals surface area contributed by atoms with Crippen molar-refractivity contribution in [1.82, 2.24) is 9.97 Å². The van der Waals surface area contributed by atoms with E-state index < -0.39 is 0 Å². The Morgan fingerprint density at radius 1 is 1.39 bits per heavy atom. The minimum absolute atomic E-state index is 0.407. The van der Waals surface area contributed by atoms with Gasteiger partial charge in [0.25, 0.3) is 0 Å². The monoisotopic (exact) mass is 245 g/mol. The molecule has 18 heavy (non-hydrogen) atoms. The summed E-state index contributed by atoms with van der Waals surface area (Å²) >= 11 is 0. The van der Waals surface area contributed by atoms with Gasteiger partial charge >= 0.3 is 0 Å². The lowest BCUT2D eigenvalue weighted by atomic mass is 10.0. The van der Waals surface area contributed by atoms with Gasteiger partial charge in [0.15, 0.2) is 0 Å². The number of benzene rings is 1. The first-order chi connectivity index (χ1) is 8.83. The Morgan fingerprint density at radius 3 is 3.11 bits per heavy atom. The van der Waals surface area contributed by atoms with Gasteiger partial charge < -0.3 is 15.5 Å². The van der Waals surface area contributed by atoms with Crippen molar-refractivity contribution in [2.45, 2.75) is 38.2 Å². The molecular weight excluding hydrogens is 226 g/mol. The number of aromatic nitrogens is 2. The van der Waals surface area contributed by atoms with E-state index in [2.05, 4.69) is 9.97 Å². The van der Waals surface area contributed by atoms with Gasteiger partial charge in [-0.15, -0.1) is 0 Å². The molecule has 1 aromatic carbocycles. The van der Waals surface area contributed by atoms with Crippen molar-refractivity contribution >= 4 is 16.7 Å². The van der Waals surface area contributed by atoms with Crippen LogP contribution in [0.15, 0.2) is 18.2 Å². The maximum Gasteiger partial charge on any atom is 0.111 e. The zero-order chi connectivity index (χ0) is 12.4. The lowest BCUT2D eigenvalue weighted by Crippen LogP contribution is -2.19. The van der Waals surface area contributed by atoms with Crippen molar-refractivity contribution < 1.29 is 4.74 Å². The lowest BCUT2D eigenvalue weighted by molar-refractivity contribution is 0.0112.